The van der Waals surface area contributed by atoms with E-state index < -0.39 is 8.32 Å². The summed E-state index contributed by atoms with van der Waals surface area (Å²) in [6.45, 7) is 11.1. The summed E-state index contributed by atoms with van der Waals surface area (Å²) in [5.74, 6) is 9.95. The van der Waals surface area contributed by atoms with Crippen LogP contribution >= 0.6 is 22.6 Å². The van der Waals surface area contributed by atoms with E-state index in [1.807, 2.05) is 52.9 Å². The van der Waals surface area contributed by atoms with E-state index in [1.54, 1.807) is 0 Å². The highest BCUT2D eigenvalue weighted by Crippen LogP contribution is 2.37. The van der Waals surface area contributed by atoms with Crippen molar-refractivity contribution in [2.24, 2.45) is 0 Å². The molecule has 0 saturated heterocycles. The number of hydrogen-bond donors (Lipinski definition) is 0. The summed E-state index contributed by atoms with van der Waals surface area (Å²) in [5, 5.41) is 0.161. The Balaban J connectivity index is 2.70. The van der Waals surface area contributed by atoms with E-state index >= 15 is 0 Å². The summed E-state index contributed by atoms with van der Waals surface area (Å²) < 4.78 is 9.14. The van der Waals surface area contributed by atoms with Gasteiger partial charge in [-0.2, -0.15) is 0 Å². The molecule has 0 atom stereocenters. The molecular weight excluding hydrogens is 463 g/mol. The molecule has 0 aliphatic rings. The molecule has 0 bridgehead atoms. The summed E-state index contributed by atoms with van der Waals surface area (Å²) >= 11 is 2.05. The molecule has 0 radical (unpaired) electrons. The zero-order valence-corrected chi connectivity index (χ0v) is 20.1. The van der Waals surface area contributed by atoms with Gasteiger partial charge in [-0.25, -0.2) is 0 Å². The topological polar surface area (TPSA) is 26.3 Å². The molecule has 4 heteroatoms. The van der Waals surface area contributed by atoms with E-state index in [2.05, 4.69) is 55.6 Å². The SMILES string of the molecule is CC(C)(C)[Si](C)(C)Oc1ccc(/C=C(\C#CCCCCC#CI)C=O)cc1. The van der Waals surface area contributed by atoms with Crippen molar-refractivity contribution in [3.63, 3.8) is 0 Å². The average molecular weight is 492 g/mol. The van der Waals surface area contributed by atoms with E-state index in [1.165, 1.54) is 0 Å². The Hall–Kier alpha value is -1.50. The molecule has 0 aliphatic heterocycles. The highest BCUT2D eigenvalue weighted by Gasteiger charge is 2.38. The Kier molecular flexibility index (Phi) is 9.91. The van der Waals surface area contributed by atoms with Gasteiger partial charge in [0.05, 0.1) is 5.57 Å². The number of hydrogen-bond acceptors (Lipinski definition) is 2. The van der Waals surface area contributed by atoms with Crippen LogP contribution in [-0.2, 0) is 4.79 Å². The minimum atomic E-state index is -1.84. The van der Waals surface area contributed by atoms with Crippen LogP contribution in [-0.4, -0.2) is 14.6 Å². The zero-order valence-electron chi connectivity index (χ0n) is 17.0. The van der Waals surface area contributed by atoms with Gasteiger partial charge in [0.2, 0.25) is 8.32 Å². The van der Waals surface area contributed by atoms with E-state index in [4.69, 9.17) is 4.43 Å². The van der Waals surface area contributed by atoms with Crippen LogP contribution in [0.4, 0.5) is 0 Å². The molecule has 27 heavy (non-hydrogen) atoms. The summed E-state index contributed by atoms with van der Waals surface area (Å²) in [6, 6.07) is 7.87. The molecule has 0 unspecified atom stereocenters. The van der Waals surface area contributed by atoms with Crippen molar-refractivity contribution in [3.05, 3.63) is 35.4 Å². The van der Waals surface area contributed by atoms with Crippen molar-refractivity contribution in [2.75, 3.05) is 0 Å². The van der Waals surface area contributed by atoms with Crippen LogP contribution in [0.1, 0.15) is 52.0 Å². The van der Waals surface area contributed by atoms with Crippen molar-refractivity contribution in [1.29, 1.82) is 0 Å². The van der Waals surface area contributed by atoms with Gasteiger partial charge in [0.1, 0.15) is 5.75 Å². The van der Waals surface area contributed by atoms with Gasteiger partial charge < -0.3 is 4.43 Å². The highest BCUT2D eigenvalue weighted by atomic mass is 127. The molecule has 144 valence electrons. The van der Waals surface area contributed by atoms with Gasteiger partial charge in [-0.3, -0.25) is 4.79 Å². The molecule has 1 aromatic rings. The van der Waals surface area contributed by atoms with Gasteiger partial charge in [0.15, 0.2) is 6.29 Å². The number of carbonyl (C=O) groups excluding carboxylic acids is 1. The van der Waals surface area contributed by atoms with Gasteiger partial charge in [-0.15, -0.1) is 0 Å². The standard InChI is InChI=1S/C23H29IO2Si/c1-23(2,3)27(4,5)26-22-15-13-20(14-16-22)18-21(19-25)12-10-8-6-7-9-11-17-24/h13-16,18-19H,6-9H2,1-5H3/b21-18+. The molecule has 1 aromatic carbocycles. The van der Waals surface area contributed by atoms with E-state index in [0.717, 1.165) is 43.3 Å². The second-order valence-electron chi connectivity index (χ2n) is 7.93. The van der Waals surface area contributed by atoms with Gasteiger partial charge in [-0.05, 0) is 58.7 Å². The van der Waals surface area contributed by atoms with Gasteiger partial charge in [0.25, 0.3) is 0 Å². The largest absolute Gasteiger partial charge is 0.544 e. The molecule has 0 aromatic heterocycles. The highest BCUT2D eigenvalue weighted by molar-refractivity contribution is 14.1. The molecule has 0 amide bonds. The molecule has 1 rings (SSSR count). The number of aldehydes is 1. The van der Waals surface area contributed by atoms with E-state index in [9.17, 15) is 4.79 Å². The minimum absolute atomic E-state index is 0.161. The third kappa shape index (κ3) is 8.82. The molecule has 0 fully saturated rings. The lowest BCUT2D eigenvalue weighted by Crippen LogP contribution is -2.43. The fraction of sp³-hybridized carbons (Fsp3) is 0.435. The van der Waals surface area contributed by atoms with Crippen molar-refractivity contribution in [1.82, 2.24) is 0 Å². The first-order valence-electron chi connectivity index (χ1n) is 9.23. The van der Waals surface area contributed by atoms with E-state index in [0.29, 0.717) is 5.57 Å². The molecule has 0 saturated carbocycles. The molecule has 2 nitrogen and oxygen atoms in total. The van der Waals surface area contributed by atoms with Crippen molar-refractivity contribution in [2.45, 2.75) is 64.6 Å². The number of unbranched alkanes of at least 4 members (excludes halogenated alkanes) is 3. The van der Waals surface area contributed by atoms with Crippen LogP contribution in [0.5, 0.6) is 5.75 Å². The van der Waals surface area contributed by atoms with E-state index in [-0.39, 0.29) is 5.04 Å². The number of carbonyl (C=O) groups is 1. The monoisotopic (exact) mass is 492 g/mol. The van der Waals surface area contributed by atoms with Crippen LogP contribution in [0, 0.1) is 21.7 Å². The van der Waals surface area contributed by atoms with Gasteiger partial charge in [-0.1, -0.05) is 50.7 Å². The molecule has 0 spiro atoms. The Bertz CT molecular complexity index is 763. The molecular formula is C23H29IO2Si. The number of allylic oxidation sites excluding steroid dienone is 1. The Labute approximate surface area is 179 Å². The smallest absolute Gasteiger partial charge is 0.250 e. The zero-order chi connectivity index (χ0) is 20.3. The normalized spacial score (nSPS) is 11.7. The van der Waals surface area contributed by atoms with Crippen molar-refractivity contribution in [3.8, 4) is 27.4 Å². The number of benzene rings is 1. The average Bonchev–Trinajstić information content (AvgIpc) is 2.60. The van der Waals surface area contributed by atoms with Crippen molar-refractivity contribution >= 4 is 43.3 Å². The Morgan fingerprint density at radius 3 is 2.22 bits per heavy atom. The number of halogens is 1. The minimum Gasteiger partial charge on any atom is -0.544 e. The van der Waals surface area contributed by atoms with Gasteiger partial charge in [0, 0.05) is 35.4 Å². The lowest BCUT2D eigenvalue weighted by molar-refractivity contribution is -0.104. The quantitative estimate of drug-likeness (QED) is 0.107. The predicted octanol–water partition coefficient (Wildman–Crippen LogP) is 6.61. The first kappa shape index (κ1) is 23.5. The van der Waals surface area contributed by atoms with Crippen LogP contribution in [0.3, 0.4) is 0 Å². The van der Waals surface area contributed by atoms with Crippen LogP contribution < -0.4 is 4.43 Å². The third-order valence-electron chi connectivity index (χ3n) is 4.66. The fourth-order valence-corrected chi connectivity index (χ4v) is 3.30. The third-order valence-corrected chi connectivity index (χ3v) is 9.40. The van der Waals surface area contributed by atoms with Gasteiger partial charge >= 0.3 is 0 Å². The maximum absolute atomic E-state index is 11.3. The Morgan fingerprint density at radius 2 is 1.70 bits per heavy atom. The maximum atomic E-state index is 11.3. The molecule has 0 aliphatic carbocycles. The van der Waals surface area contributed by atoms with Crippen LogP contribution in [0.25, 0.3) is 6.08 Å². The van der Waals surface area contributed by atoms with Crippen molar-refractivity contribution < 1.29 is 9.22 Å². The lowest BCUT2D eigenvalue weighted by atomic mass is 10.1. The summed E-state index contributed by atoms with van der Waals surface area (Å²) in [6.07, 6.45) is 6.37. The summed E-state index contributed by atoms with van der Waals surface area (Å²) in [7, 11) is -1.84. The maximum Gasteiger partial charge on any atom is 0.250 e. The second-order valence-corrected chi connectivity index (χ2v) is 13.2. The summed E-state index contributed by atoms with van der Waals surface area (Å²) in [5.41, 5.74) is 1.45. The summed E-state index contributed by atoms with van der Waals surface area (Å²) in [4.78, 5) is 11.3. The number of rotatable bonds is 7. The van der Waals surface area contributed by atoms with Crippen LogP contribution in [0.15, 0.2) is 29.8 Å². The lowest BCUT2D eigenvalue weighted by Gasteiger charge is -2.36. The Morgan fingerprint density at radius 1 is 1.11 bits per heavy atom. The second kappa shape index (κ2) is 11.4. The molecule has 0 heterocycles. The first-order valence-corrected chi connectivity index (χ1v) is 13.2. The first-order chi connectivity index (χ1) is 12.7. The van der Waals surface area contributed by atoms with Crippen LogP contribution in [0.2, 0.25) is 18.1 Å². The fourth-order valence-electron chi connectivity index (χ4n) is 2.00. The molecule has 0 N–H and O–H groups in total. The predicted molar refractivity (Wildman–Crippen MR) is 126 cm³/mol.